The predicted octanol–water partition coefficient (Wildman–Crippen LogP) is 2.86. The van der Waals surface area contributed by atoms with E-state index in [1.165, 1.54) is 11.1 Å². The highest BCUT2D eigenvalue weighted by molar-refractivity contribution is 7.92. The fourth-order valence-corrected chi connectivity index (χ4v) is 3.12. The van der Waals surface area contributed by atoms with Crippen LogP contribution in [0.1, 0.15) is 18.1 Å². The van der Waals surface area contributed by atoms with E-state index in [-0.39, 0.29) is 0 Å². The molecule has 0 atom stereocenters. The van der Waals surface area contributed by atoms with E-state index in [1.54, 1.807) is 12.3 Å². The summed E-state index contributed by atoms with van der Waals surface area (Å²) in [6.07, 6.45) is 3.41. The molecule has 6 heteroatoms. The van der Waals surface area contributed by atoms with Gasteiger partial charge in [0.25, 0.3) is 0 Å². The monoisotopic (exact) mass is 330 g/mol. The molecule has 0 unspecified atom stereocenters. The molecule has 0 spiro atoms. The van der Waals surface area contributed by atoms with E-state index in [0.717, 1.165) is 23.1 Å². The fourth-order valence-electron chi connectivity index (χ4n) is 2.63. The van der Waals surface area contributed by atoms with Gasteiger partial charge in [0, 0.05) is 11.8 Å². The van der Waals surface area contributed by atoms with Gasteiger partial charge < -0.3 is 4.74 Å². The largest absolute Gasteiger partial charge is 0.489 e. The van der Waals surface area contributed by atoms with Crippen molar-refractivity contribution in [2.24, 2.45) is 0 Å². The van der Waals surface area contributed by atoms with Crippen LogP contribution < -0.4 is 9.46 Å². The Morgan fingerprint density at radius 2 is 2.04 bits per heavy atom. The van der Waals surface area contributed by atoms with E-state index < -0.39 is 10.0 Å². The number of para-hydroxylation sites is 1. The van der Waals surface area contributed by atoms with Crippen LogP contribution in [0.2, 0.25) is 0 Å². The zero-order valence-electron chi connectivity index (χ0n) is 13.0. The van der Waals surface area contributed by atoms with Gasteiger partial charge in [0.1, 0.15) is 18.2 Å². The summed E-state index contributed by atoms with van der Waals surface area (Å²) in [5.41, 5.74) is 4.49. The zero-order chi connectivity index (χ0) is 16.4. The summed E-state index contributed by atoms with van der Waals surface area (Å²) in [7, 11) is -3.33. The lowest BCUT2D eigenvalue weighted by atomic mass is 9.94. The number of fused-ring (bicyclic) bond motifs is 1. The van der Waals surface area contributed by atoms with Gasteiger partial charge in [0.05, 0.1) is 6.26 Å². The highest BCUT2D eigenvalue weighted by atomic mass is 32.2. The molecule has 1 aliphatic rings. The summed E-state index contributed by atoms with van der Waals surface area (Å²) >= 11 is 0. The highest BCUT2D eigenvalue weighted by Gasteiger charge is 2.17. The first kappa shape index (κ1) is 15.6. The molecule has 1 N–H and O–H groups in total. The fraction of sp³-hybridized carbons (Fsp3) is 0.235. The second kappa shape index (κ2) is 6.04. The van der Waals surface area contributed by atoms with Crippen LogP contribution in [0.15, 0.2) is 48.2 Å². The molecule has 1 aliphatic heterocycles. The van der Waals surface area contributed by atoms with E-state index in [1.807, 2.05) is 30.3 Å². The van der Waals surface area contributed by atoms with Crippen LogP contribution in [0.4, 0.5) is 5.82 Å². The number of pyridine rings is 1. The van der Waals surface area contributed by atoms with Crippen LogP contribution in [-0.4, -0.2) is 26.3 Å². The number of sulfonamides is 1. The summed E-state index contributed by atoms with van der Waals surface area (Å²) in [6.45, 7) is 2.63. The molecule has 0 fully saturated rings. The van der Waals surface area contributed by atoms with Gasteiger partial charge in [-0.15, -0.1) is 0 Å². The zero-order valence-corrected chi connectivity index (χ0v) is 13.9. The standard InChI is InChI=1S/C17H18N2O3S/c1-12-14(11-22-16-6-4-3-5-15(12)16)9-13-7-8-18-17(10-13)19-23(2,20)21/h3-8,10H,9,11H2,1-2H3,(H,18,19). The van der Waals surface area contributed by atoms with Crippen molar-refractivity contribution in [2.75, 3.05) is 17.6 Å². The first-order valence-corrected chi connectivity index (χ1v) is 9.15. The molecule has 23 heavy (non-hydrogen) atoms. The minimum absolute atomic E-state index is 0.334. The Morgan fingerprint density at radius 1 is 1.26 bits per heavy atom. The molecule has 2 heterocycles. The highest BCUT2D eigenvalue weighted by Crippen LogP contribution is 2.33. The maximum Gasteiger partial charge on any atom is 0.230 e. The van der Waals surface area contributed by atoms with Gasteiger partial charge in [-0.25, -0.2) is 13.4 Å². The maximum atomic E-state index is 11.3. The minimum atomic E-state index is -3.33. The normalized spacial score (nSPS) is 14.2. The van der Waals surface area contributed by atoms with E-state index in [4.69, 9.17) is 4.74 Å². The second-order valence-corrected chi connectivity index (χ2v) is 7.36. The molecule has 3 rings (SSSR count). The number of hydrogen-bond donors (Lipinski definition) is 1. The van der Waals surface area contributed by atoms with Gasteiger partial charge in [0.15, 0.2) is 0 Å². The molecule has 120 valence electrons. The molecule has 0 saturated carbocycles. The van der Waals surface area contributed by atoms with Gasteiger partial charge in [0.2, 0.25) is 10.0 Å². The summed E-state index contributed by atoms with van der Waals surface area (Å²) in [5.74, 6) is 1.24. The molecule has 0 radical (unpaired) electrons. The Bertz CT molecular complexity index is 873. The van der Waals surface area contributed by atoms with Crippen LogP contribution in [0.25, 0.3) is 5.57 Å². The molecule has 1 aromatic carbocycles. The average molecular weight is 330 g/mol. The van der Waals surface area contributed by atoms with Gasteiger partial charge in [-0.2, -0.15) is 0 Å². The van der Waals surface area contributed by atoms with E-state index >= 15 is 0 Å². The molecule has 0 saturated heterocycles. The van der Waals surface area contributed by atoms with Crippen LogP contribution in [0.3, 0.4) is 0 Å². The van der Waals surface area contributed by atoms with Crippen LogP contribution in [0, 0.1) is 0 Å². The number of nitrogens with zero attached hydrogens (tertiary/aromatic N) is 1. The van der Waals surface area contributed by atoms with Crippen molar-refractivity contribution in [1.82, 2.24) is 4.98 Å². The summed E-state index contributed by atoms with van der Waals surface area (Å²) in [5, 5.41) is 0. The van der Waals surface area contributed by atoms with Crippen molar-refractivity contribution in [1.29, 1.82) is 0 Å². The lowest BCUT2D eigenvalue weighted by Crippen LogP contribution is -2.13. The Labute approximate surface area is 136 Å². The molecular weight excluding hydrogens is 312 g/mol. The first-order chi connectivity index (χ1) is 10.9. The second-order valence-electron chi connectivity index (χ2n) is 5.61. The minimum Gasteiger partial charge on any atom is -0.489 e. The van der Waals surface area contributed by atoms with E-state index in [2.05, 4.69) is 16.6 Å². The topological polar surface area (TPSA) is 68.3 Å². The number of allylic oxidation sites excluding steroid dienone is 1. The Hall–Kier alpha value is -2.34. The Morgan fingerprint density at radius 3 is 2.83 bits per heavy atom. The maximum absolute atomic E-state index is 11.3. The third-order valence-electron chi connectivity index (χ3n) is 3.76. The van der Waals surface area contributed by atoms with Gasteiger partial charge >= 0.3 is 0 Å². The molecular formula is C17H18N2O3S. The third-order valence-corrected chi connectivity index (χ3v) is 4.34. The average Bonchev–Trinajstić information content (AvgIpc) is 2.49. The predicted molar refractivity (Wildman–Crippen MR) is 90.9 cm³/mol. The summed E-state index contributed by atoms with van der Waals surface area (Å²) in [6, 6.07) is 11.6. The third kappa shape index (κ3) is 3.71. The molecule has 0 aliphatic carbocycles. The van der Waals surface area contributed by atoms with E-state index in [9.17, 15) is 8.42 Å². The Kier molecular flexibility index (Phi) is 4.09. The van der Waals surface area contributed by atoms with Crippen LogP contribution in [0.5, 0.6) is 5.75 Å². The van der Waals surface area contributed by atoms with Crippen molar-refractivity contribution in [3.05, 3.63) is 59.3 Å². The number of hydrogen-bond acceptors (Lipinski definition) is 4. The van der Waals surface area contributed by atoms with Gasteiger partial charge in [-0.3, -0.25) is 4.72 Å². The number of benzene rings is 1. The number of ether oxygens (including phenoxy) is 1. The van der Waals surface area contributed by atoms with Crippen LogP contribution >= 0.6 is 0 Å². The first-order valence-electron chi connectivity index (χ1n) is 7.26. The summed E-state index contributed by atoms with van der Waals surface area (Å²) in [4.78, 5) is 4.04. The van der Waals surface area contributed by atoms with Crippen molar-refractivity contribution in [3.63, 3.8) is 0 Å². The number of nitrogens with one attached hydrogen (secondary N) is 1. The smallest absolute Gasteiger partial charge is 0.230 e. The van der Waals surface area contributed by atoms with Crippen molar-refractivity contribution in [3.8, 4) is 5.75 Å². The van der Waals surface area contributed by atoms with Crippen molar-refractivity contribution < 1.29 is 13.2 Å². The van der Waals surface area contributed by atoms with Crippen molar-refractivity contribution in [2.45, 2.75) is 13.3 Å². The van der Waals surface area contributed by atoms with Gasteiger partial charge in [-0.05, 0) is 48.3 Å². The SMILES string of the molecule is CC1=C(Cc2ccnc(NS(C)(=O)=O)c2)COc2ccccc21. The summed E-state index contributed by atoms with van der Waals surface area (Å²) < 4.78 is 30.8. The molecule has 2 aromatic rings. The lowest BCUT2D eigenvalue weighted by Gasteiger charge is -2.22. The number of rotatable bonds is 4. The molecule has 1 aromatic heterocycles. The molecule has 0 bridgehead atoms. The van der Waals surface area contributed by atoms with Gasteiger partial charge in [-0.1, -0.05) is 18.2 Å². The number of aromatic nitrogens is 1. The lowest BCUT2D eigenvalue weighted by molar-refractivity contribution is 0.343. The Balaban J connectivity index is 1.87. The quantitative estimate of drug-likeness (QED) is 0.936. The van der Waals surface area contributed by atoms with Crippen LogP contribution in [-0.2, 0) is 16.4 Å². The molecule has 5 nitrogen and oxygen atoms in total. The number of anilines is 1. The van der Waals surface area contributed by atoms with E-state index in [0.29, 0.717) is 18.8 Å². The molecule has 0 amide bonds. The van der Waals surface area contributed by atoms with Crippen molar-refractivity contribution >= 4 is 21.4 Å².